The number of rotatable bonds is 8. The molecule has 1 aliphatic rings. The molecule has 3 rings (SSSR count). The molecule has 0 spiro atoms. The molecule has 1 fully saturated rings. The first-order valence-corrected chi connectivity index (χ1v) is 10.2. The molecule has 0 aliphatic carbocycles. The van der Waals surface area contributed by atoms with E-state index in [2.05, 4.69) is 0 Å². The average molecular weight is 441 g/mol. The van der Waals surface area contributed by atoms with Crippen molar-refractivity contribution in [1.29, 1.82) is 0 Å². The maximum atomic E-state index is 13.0. The van der Waals surface area contributed by atoms with Gasteiger partial charge in [-0.15, -0.1) is 0 Å². The lowest BCUT2D eigenvalue weighted by Crippen LogP contribution is -2.33. The van der Waals surface area contributed by atoms with Crippen molar-refractivity contribution in [2.45, 2.75) is 26.0 Å². The van der Waals surface area contributed by atoms with E-state index in [0.717, 1.165) is 0 Å². The number of aliphatic hydroxyl groups excluding tert-OH is 1. The quantitative estimate of drug-likeness (QED) is 0.368. The van der Waals surface area contributed by atoms with Crippen molar-refractivity contribution in [3.05, 3.63) is 59.2 Å². The molecule has 2 aromatic carbocycles. The molecular weight excluding hydrogens is 414 g/mol. The van der Waals surface area contributed by atoms with Crippen LogP contribution in [0.25, 0.3) is 5.76 Å². The molecule has 1 atom stereocenters. The third-order valence-electron chi connectivity index (χ3n) is 5.17. The molecule has 2 N–H and O–H groups in total. The number of likely N-dealkylation sites (tertiary alicyclic amines) is 1. The monoisotopic (exact) mass is 441 g/mol. The molecule has 2 aromatic rings. The third kappa shape index (κ3) is 4.55. The summed E-state index contributed by atoms with van der Waals surface area (Å²) in [4.78, 5) is 27.3. The van der Waals surface area contributed by atoms with Crippen LogP contribution in [0.5, 0.6) is 17.2 Å². The zero-order chi connectivity index (χ0) is 23.4. The zero-order valence-electron chi connectivity index (χ0n) is 18.5. The first kappa shape index (κ1) is 23.1. The molecule has 1 amide bonds. The molecule has 32 heavy (non-hydrogen) atoms. The first-order valence-electron chi connectivity index (χ1n) is 10.2. The van der Waals surface area contributed by atoms with Crippen molar-refractivity contribution in [3.63, 3.8) is 0 Å². The smallest absolute Gasteiger partial charge is 0.295 e. The number of methoxy groups -OCH3 is 2. The van der Waals surface area contributed by atoms with Crippen LogP contribution in [0.3, 0.4) is 0 Å². The van der Waals surface area contributed by atoms with Crippen LogP contribution in [0, 0.1) is 0 Å². The number of hydrogen-bond acceptors (Lipinski definition) is 7. The maximum absolute atomic E-state index is 13.0. The summed E-state index contributed by atoms with van der Waals surface area (Å²) in [6.07, 6.45) is -0.0467. The van der Waals surface area contributed by atoms with Crippen molar-refractivity contribution in [1.82, 2.24) is 4.90 Å². The number of carbonyl (C=O) groups is 2. The van der Waals surface area contributed by atoms with Crippen molar-refractivity contribution in [3.8, 4) is 17.2 Å². The summed E-state index contributed by atoms with van der Waals surface area (Å²) >= 11 is 0. The van der Waals surface area contributed by atoms with Gasteiger partial charge in [-0.3, -0.25) is 9.59 Å². The topological polar surface area (TPSA) is 106 Å². The Labute approximate surface area is 186 Å². The Morgan fingerprint density at radius 3 is 2.47 bits per heavy atom. The molecule has 1 aliphatic heterocycles. The van der Waals surface area contributed by atoms with Crippen LogP contribution in [0.15, 0.2) is 48.0 Å². The van der Waals surface area contributed by atoms with Gasteiger partial charge in [-0.05, 0) is 43.7 Å². The SMILES string of the molecule is COc1ccc(/C(O)=C2/C(=O)C(=O)N(CCOC(C)C)C2c2cccc(O)c2)c(OC)c1. The Hall–Kier alpha value is -3.52. The van der Waals surface area contributed by atoms with E-state index >= 15 is 0 Å². The summed E-state index contributed by atoms with van der Waals surface area (Å²) in [5.74, 6) is -1.17. The minimum atomic E-state index is -0.898. The molecule has 1 heterocycles. The molecule has 0 radical (unpaired) electrons. The van der Waals surface area contributed by atoms with Gasteiger partial charge in [-0.1, -0.05) is 12.1 Å². The predicted molar refractivity (Wildman–Crippen MR) is 118 cm³/mol. The lowest BCUT2D eigenvalue weighted by molar-refractivity contribution is -0.140. The van der Waals surface area contributed by atoms with E-state index in [9.17, 15) is 19.8 Å². The number of aliphatic hydroxyl groups is 1. The second-order valence-electron chi connectivity index (χ2n) is 7.57. The number of amides is 1. The summed E-state index contributed by atoms with van der Waals surface area (Å²) in [5.41, 5.74) is 0.645. The molecular formula is C24H27NO7. The summed E-state index contributed by atoms with van der Waals surface area (Å²) in [7, 11) is 2.93. The van der Waals surface area contributed by atoms with Gasteiger partial charge in [0.25, 0.3) is 11.7 Å². The number of benzene rings is 2. The van der Waals surface area contributed by atoms with Crippen LogP contribution < -0.4 is 9.47 Å². The number of carbonyl (C=O) groups excluding carboxylic acids is 2. The number of Topliss-reactive ketones (excluding diaryl/α,β-unsaturated/α-hetero) is 1. The molecule has 1 unspecified atom stereocenters. The number of ether oxygens (including phenoxy) is 3. The first-order chi connectivity index (χ1) is 15.3. The van der Waals surface area contributed by atoms with Gasteiger partial charge in [0, 0.05) is 12.6 Å². The molecule has 1 saturated heterocycles. The van der Waals surface area contributed by atoms with Gasteiger partial charge in [-0.25, -0.2) is 0 Å². The van der Waals surface area contributed by atoms with Gasteiger partial charge in [0.2, 0.25) is 0 Å². The molecule has 0 saturated carbocycles. The molecule has 170 valence electrons. The van der Waals surface area contributed by atoms with Crippen LogP contribution in [0.1, 0.15) is 31.0 Å². The Bertz CT molecular complexity index is 1040. The van der Waals surface area contributed by atoms with E-state index in [-0.39, 0.29) is 47.7 Å². The highest BCUT2D eigenvalue weighted by Crippen LogP contribution is 2.41. The second-order valence-corrected chi connectivity index (χ2v) is 7.57. The van der Waals surface area contributed by atoms with Crippen molar-refractivity contribution < 1.29 is 34.0 Å². The van der Waals surface area contributed by atoms with Crippen LogP contribution in [-0.2, 0) is 14.3 Å². The van der Waals surface area contributed by atoms with Gasteiger partial charge >= 0.3 is 0 Å². The fourth-order valence-corrected chi connectivity index (χ4v) is 3.68. The fraction of sp³-hybridized carbons (Fsp3) is 0.333. The van der Waals surface area contributed by atoms with E-state index in [1.165, 1.54) is 31.3 Å². The Morgan fingerprint density at radius 1 is 1.09 bits per heavy atom. The molecule has 0 bridgehead atoms. The minimum Gasteiger partial charge on any atom is -0.508 e. The van der Waals surface area contributed by atoms with Gasteiger partial charge in [0.15, 0.2) is 0 Å². The highest BCUT2D eigenvalue weighted by Gasteiger charge is 2.46. The largest absolute Gasteiger partial charge is 0.508 e. The van der Waals surface area contributed by atoms with Crippen LogP contribution in [-0.4, -0.2) is 60.3 Å². The zero-order valence-corrected chi connectivity index (χ0v) is 18.5. The van der Waals surface area contributed by atoms with Crippen molar-refractivity contribution in [2.24, 2.45) is 0 Å². The van der Waals surface area contributed by atoms with Crippen LogP contribution in [0.4, 0.5) is 0 Å². The maximum Gasteiger partial charge on any atom is 0.295 e. The average Bonchev–Trinajstić information content (AvgIpc) is 3.03. The lowest BCUT2D eigenvalue weighted by atomic mass is 9.95. The highest BCUT2D eigenvalue weighted by atomic mass is 16.5. The number of ketones is 1. The Kier molecular flexibility index (Phi) is 7.05. The van der Waals surface area contributed by atoms with Gasteiger partial charge in [0.1, 0.15) is 23.0 Å². The predicted octanol–water partition coefficient (Wildman–Crippen LogP) is 3.26. The third-order valence-corrected chi connectivity index (χ3v) is 5.17. The van der Waals surface area contributed by atoms with E-state index in [0.29, 0.717) is 11.3 Å². The summed E-state index contributed by atoms with van der Waals surface area (Å²) in [5, 5.41) is 21.2. The normalized spacial score (nSPS) is 17.8. The van der Waals surface area contributed by atoms with E-state index in [4.69, 9.17) is 14.2 Å². The number of phenolic OH excluding ortho intramolecular Hbond substituents is 1. The fourth-order valence-electron chi connectivity index (χ4n) is 3.68. The van der Waals surface area contributed by atoms with Gasteiger partial charge in [0.05, 0.1) is 44.1 Å². The molecule has 8 heteroatoms. The van der Waals surface area contributed by atoms with Crippen LogP contribution in [0.2, 0.25) is 0 Å². The highest BCUT2D eigenvalue weighted by molar-refractivity contribution is 6.46. The van der Waals surface area contributed by atoms with E-state index < -0.39 is 17.7 Å². The lowest BCUT2D eigenvalue weighted by Gasteiger charge is -2.26. The van der Waals surface area contributed by atoms with E-state index in [1.54, 1.807) is 30.3 Å². The number of hydrogen-bond donors (Lipinski definition) is 2. The minimum absolute atomic E-state index is 0.0199. The number of nitrogens with zero attached hydrogens (tertiary/aromatic N) is 1. The molecule has 0 aromatic heterocycles. The standard InChI is InChI=1S/C24H27NO7/c1-14(2)32-11-10-25-21(15-6-5-7-16(26)12-15)20(23(28)24(25)29)22(27)18-9-8-17(30-3)13-19(18)31-4/h5-9,12-14,21,26-27H,10-11H2,1-4H3/b22-20-. The summed E-state index contributed by atoms with van der Waals surface area (Å²) < 4.78 is 16.1. The van der Waals surface area contributed by atoms with E-state index in [1.807, 2.05) is 13.8 Å². The van der Waals surface area contributed by atoms with Gasteiger partial charge in [-0.2, -0.15) is 0 Å². The Balaban J connectivity index is 2.15. The number of phenols is 1. The summed E-state index contributed by atoms with van der Waals surface area (Å²) in [6, 6.07) is 10.1. The van der Waals surface area contributed by atoms with Gasteiger partial charge < -0.3 is 29.3 Å². The number of aromatic hydroxyl groups is 1. The molecule has 8 nitrogen and oxygen atoms in total. The Morgan fingerprint density at radius 2 is 1.84 bits per heavy atom. The van der Waals surface area contributed by atoms with Crippen molar-refractivity contribution in [2.75, 3.05) is 27.4 Å². The summed E-state index contributed by atoms with van der Waals surface area (Å²) in [6.45, 7) is 4.10. The van der Waals surface area contributed by atoms with Crippen molar-refractivity contribution >= 4 is 17.4 Å². The van der Waals surface area contributed by atoms with Crippen LogP contribution >= 0.6 is 0 Å². The second kappa shape index (κ2) is 9.74.